The number of carbonyl (C=O) groups is 2. The van der Waals surface area contributed by atoms with Gasteiger partial charge in [0.25, 0.3) is 0 Å². The molecule has 0 aromatic rings. The van der Waals surface area contributed by atoms with Gasteiger partial charge in [-0.3, -0.25) is 4.21 Å². The summed E-state index contributed by atoms with van der Waals surface area (Å²) >= 11 is 0. The first-order chi connectivity index (χ1) is 8.51. The summed E-state index contributed by atoms with van der Waals surface area (Å²) in [5.41, 5.74) is 0. The predicted molar refractivity (Wildman–Crippen MR) is 68.7 cm³/mol. The van der Waals surface area contributed by atoms with Crippen LogP contribution in [0.4, 0.5) is 4.79 Å². The van der Waals surface area contributed by atoms with Gasteiger partial charge in [0.1, 0.15) is 6.04 Å². The smallest absolute Gasteiger partial charge is 0.407 e. The Labute approximate surface area is 110 Å². The Kier molecular flexibility index (Phi) is 9.26. The number of esters is 1. The van der Waals surface area contributed by atoms with Crippen molar-refractivity contribution in [3.63, 3.8) is 0 Å². The molecule has 106 valence electrons. The van der Waals surface area contributed by atoms with Crippen LogP contribution >= 0.6 is 0 Å². The van der Waals surface area contributed by atoms with Crippen LogP contribution in [0.5, 0.6) is 0 Å². The first-order valence-electron chi connectivity index (χ1n) is 5.82. The van der Waals surface area contributed by atoms with Gasteiger partial charge in [-0.05, 0) is 12.8 Å². The number of methoxy groups -OCH3 is 1. The fraction of sp³-hybridized carbons (Fsp3) is 0.818. The van der Waals surface area contributed by atoms with Crippen molar-refractivity contribution in [2.45, 2.75) is 32.2 Å². The molecule has 0 aromatic carbocycles. The minimum Gasteiger partial charge on any atom is -0.464 e. The molecule has 0 radical (unpaired) electrons. The third-order valence-corrected chi connectivity index (χ3v) is 3.01. The van der Waals surface area contributed by atoms with Gasteiger partial charge in [0, 0.05) is 22.8 Å². The average molecular weight is 279 g/mol. The van der Waals surface area contributed by atoms with Crippen LogP contribution in [0.2, 0.25) is 0 Å². The predicted octanol–water partition coefficient (Wildman–Crippen LogP) is 0.823. The van der Waals surface area contributed by atoms with E-state index in [2.05, 4.69) is 10.1 Å². The monoisotopic (exact) mass is 279 g/mol. The normalized spacial score (nSPS) is 13.5. The molecule has 0 aliphatic heterocycles. The zero-order chi connectivity index (χ0) is 14.0. The summed E-state index contributed by atoms with van der Waals surface area (Å²) in [6.07, 6.45) is 2.80. The molecule has 0 aliphatic carbocycles. The molecule has 0 saturated heterocycles. The van der Waals surface area contributed by atoms with Crippen molar-refractivity contribution >= 4 is 22.9 Å². The van der Waals surface area contributed by atoms with Crippen molar-refractivity contribution in [3.05, 3.63) is 0 Å². The molecule has 0 rings (SSSR count). The highest BCUT2D eigenvalue weighted by molar-refractivity contribution is 7.84. The summed E-state index contributed by atoms with van der Waals surface area (Å²) in [4.78, 5) is 22.8. The first kappa shape index (κ1) is 16.9. The van der Waals surface area contributed by atoms with E-state index in [-0.39, 0.29) is 6.42 Å². The van der Waals surface area contributed by atoms with Gasteiger partial charge in [0.05, 0.1) is 13.7 Å². The third-order valence-electron chi connectivity index (χ3n) is 2.20. The lowest BCUT2D eigenvalue weighted by molar-refractivity contribution is -0.146. The van der Waals surface area contributed by atoms with Crippen LogP contribution in [0.3, 0.4) is 0 Å². The number of carbonyl (C=O) groups excluding carboxylic acids is 2. The van der Waals surface area contributed by atoms with E-state index < -0.39 is 28.9 Å². The van der Waals surface area contributed by atoms with Crippen molar-refractivity contribution in [3.8, 4) is 0 Å². The maximum Gasteiger partial charge on any atom is 0.407 e. The van der Waals surface area contributed by atoms with Gasteiger partial charge in [0.2, 0.25) is 0 Å². The van der Waals surface area contributed by atoms with Crippen molar-refractivity contribution < 1.29 is 23.3 Å². The molecule has 0 spiro atoms. The lowest BCUT2D eigenvalue weighted by atomic mass is 10.2. The number of hydrogen-bond donors (Lipinski definition) is 1. The minimum absolute atomic E-state index is 0.267. The minimum atomic E-state index is -1.03. The second-order valence-corrected chi connectivity index (χ2v) is 5.33. The summed E-state index contributed by atoms with van der Waals surface area (Å²) < 4.78 is 20.4. The summed E-state index contributed by atoms with van der Waals surface area (Å²) in [5, 5.41) is 2.38. The van der Waals surface area contributed by atoms with Crippen LogP contribution in [0.25, 0.3) is 0 Å². The van der Waals surface area contributed by atoms with Crippen LogP contribution in [0.1, 0.15) is 26.2 Å². The molecule has 0 saturated carbocycles. The molecule has 0 heterocycles. The third kappa shape index (κ3) is 8.05. The van der Waals surface area contributed by atoms with Crippen molar-refractivity contribution in [1.82, 2.24) is 5.32 Å². The van der Waals surface area contributed by atoms with Gasteiger partial charge < -0.3 is 14.8 Å². The Morgan fingerprint density at radius 3 is 2.56 bits per heavy atom. The van der Waals surface area contributed by atoms with Crippen molar-refractivity contribution in [2.24, 2.45) is 0 Å². The van der Waals surface area contributed by atoms with Gasteiger partial charge in [0.15, 0.2) is 0 Å². The number of rotatable bonds is 8. The Morgan fingerprint density at radius 2 is 2.06 bits per heavy atom. The van der Waals surface area contributed by atoms with E-state index in [4.69, 9.17) is 4.74 Å². The van der Waals surface area contributed by atoms with E-state index in [0.29, 0.717) is 12.4 Å². The average Bonchev–Trinajstić information content (AvgIpc) is 2.33. The van der Waals surface area contributed by atoms with Gasteiger partial charge in [-0.25, -0.2) is 9.59 Å². The second-order valence-electron chi connectivity index (χ2n) is 3.78. The SMILES string of the molecule is CCCCOC(=O)[C@H](CCS(C)=O)NC(=O)OC. The van der Waals surface area contributed by atoms with Crippen LogP contribution < -0.4 is 5.32 Å². The molecule has 18 heavy (non-hydrogen) atoms. The van der Waals surface area contributed by atoms with E-state index in [1.807, 2.05) is 6.92 Å². The standard InChI is InChI=1S/C11H21NO5S/c1-4-5-7-17-10(13)9(6-8-18(3)15)12-11(14)16-2/h9H,4-8H2,1-3H3,(H,12,14)/t9-,18?/m0/s1. The highest BCUT2D eigenvalue weighted by Crippen LogP contribution is 2.00. The zero-order valence-electron chi connectivity index (χ0n) is 11.1. The molecular weight excluding hydrogens is 258 g/mol. The number of ether oxygens (including phenoxy) is 2. The van der Waals surface area contributed by atoms with Gasteiger partial charge >= 0.3 is 12.1 Å². The Bertz CT molecular complexity index is 295. The van der Waals surface area contributed by atoms with Gasteiger partial charge in [-0.1, -0.05) is 13.3 Å². The summed E-state index contributed by atoms with van der Waals surface area (Å²) in [7, 11) is 0.188. The maximum atomic E-state index is 11.7. The molecule has 0 bridgehead atoms. The van der Waals surface area contributed by atoms with E-state index in [1.165, 1.54) is 13.4 Å². The summed E-state index contributed by atoms with van der Waals surface area (Å²) in [6, 6.07) is -0.807. The molecule has 0 aromatic heterocycles. The van der Waals surface area contributed by atoms with E-state index in [9.17, 15) is 13.8 Å². The van der Waals surface area contributed by atoms with Gasteiger partial charge in [-0.15, -0.1) is 0 Å². The number of hydrogen-bond acceptors (Lipinski definition) is 5. The van der Waals surface area contributed by atoms with Crippen LogP contribution in [0, 0.1) is 0 Å². The molecule has 6 nitrogen and oxygen atoms in total. The Balaban J connectivity index is 4.29. The number of unbranched alkanes of at least 4 members (excludes halogenated alkanes) is 1. The van der Waals surface area contributed by atoms with Crippen molar-refractivity contribution in [1.29, 1.82) is 0 Å². The zero-order valence-corrected chi connectivity index (χ0v) is 11.9. The molecule has 2 atom stereocenters. The van der Waals surface area contributed by atoms with Crippen LogP contribution in [0.15, 0.2) is 0 Å². The Hall–Kier alpha value is -1.11. The fourth-order valence-corrected chi connectivity index (χ4v) is 1.72. The highest BCUT2D eigenvalue weighted by atomic mass is 32.2. The molecule has 0 aliphatic rings. The molecule has 1 amide bonds. The molecule has 0 fully saturated rings. The maximum absolute atomic E-state index is 11.7. The van der Waals surface area contributed by atoms with E-state index in [1.54, 1.807) is 0 Å². The summed E-state index contributed by atoms with van der Waals surface area (Å²) in [6.45, 7) is 2.31. The largest absolute Gasteiger partial charge is 0.464 e. The number of amides is 1. The van der Waals surface area contributed by atoms with Crippen LogP contribution in [-0.4, -0.2) is 48.0 Å². The molecular formula is C11H21NO5S. The van der Waals surface area contributed by atoms with Crippen molar-refractivity contribution in [2.75, 3.05) is 25.7 Å². The number of alkyl carbamates (subject to hydrolysis) is 1. The van der Waals surface area contributed by atoms with E-state index >= 15 is 0 Å². The van der Waals surface area contributed by atoms with Gasteiger partial charge in [-0.2, -0.15) is 0 Å². The summed E-state index contributed by atoms with van der Waals surface area (Å²) in [5.74, 6) is -0.198. The first-order valence-corrected chi connectivity index (χ1v) is 7.55. The fourth-order valence-electron chi connectivity index (χ4n) is 1.15. The number of nitrogens with one attached hydrogen (secondary N) is 1. The van der Waals surface area contributed by atoms with E-state index in [0.717, 1.165) is 12.8 Å². The molecule has 1 unspecified atom stereocenters. The molecule has 1 N–H and O–H groups in total. The topological polar surface area (TPSA) is 81.7 Å². The van der Waals surface area contributed by atoms with Crippen LogP contribution in [-0.2, 0) is 25.1 Å². The molecule has 7 heteroatoms. The lowest BCUT2D eigenvalue weighted by Crippen LogP contribution is -2.42. The lowest BCUT2D eigenvalue weighted by Gasteiger charge is -2.16. The highest BCUT2D eigenvalue weighted by Gasteiger charge is 2.22. The Morgan fingerprint density at radius 1 is 1.39 bits per heavy atom. The second kappa shape index (κ2) is 9.87. The quantitative estimate of drug-likeness (QED) is 0.525.